The van der Waals surface area contributed by atoms with Gasteiger partial charge in [0.25, 0.3) is 5.91 Å². The number of carbonyl (C=O) groups excluding carboxylic acids is 2. The molecule has 4 nitrogen and oxygen atoms in total. The first-order valence-corrected chi connectivity index (χ1v) is 10.3. The molecule has 0 fully saturated rings. The smallest absolute Gasteiger partial charge is 0.254 e. The number of hydrogen-bond acceptors (Lipinski definition) is 2. The maximum absolute atomic E-state index is 13.1. The quantitative estimate of drug-likeness (QED) is 0.684. The molecule has 30 heavy (non-hydrogen) atoms. The molecular formula is C26H26N2O2. The van der Waals surface area contributed by atoms with E-state index in [0.717, 1.165) is 17.5 Å². The molecule has 4 heteroatoms. The first-order valence-electron chi connectivity index (χ1n) is 10.3. The van der Waals surface area contributed by atoms with Crippen molar-refractivity contribution < 1.29 is 9.59 Å². The van der Waals surface area contributed by atoms with Crippen LogP contribution in [0.2, 0.25) is 0 Å². The van der Waals surface area contributed by atoms with Gasteiger partial charge in [0.1, 0.15) is 0 Å². The summed E-state index contributed by atoms with van der Waals surface area (Å²) in [5.74, 6) is 0.0514. The average Bonchev–Trinajstić information content (AvgIpc) is 3.17. The summed E-state index contributed by atoms with van der Waals surface area (Å²) >= 11 is 0. The zero-order valence-electron chi connectivity index (χ0n) is 17.4. The minimum atomic E-state index is -0.0123. The third kappa shape index (κ3) is 4.43. The van der Waals surface area contributed by atoms with Gasteiger partial charge in [0.15, 0.2) is 0 Å². The molecule has 0 aliphatic carbocycles. The maximum Gasteiger partial charge on any atom is 0.254 e. The first kappa shape index (κ1) is 19.9. The molecular weight excluding hydrogens is 372 g/mol. The van der Waals surface area contributed by atoms with Crippen LogP contribution in [0.25, 0.3) is 11.1 Å². The summed E-state index contributed by atoms with van der Waals surface area (Å²) in [7, 11) is 0. The van der Waals surface area contributed by atoms with Crippen LogP contribution in [0, 0.1) is 0 Å². The van der Waals surface area contributed by atoms with Crippen molar-refractivity contribution in [1.82, 2.24) is 10.2 Å². The summed E-state index contributed by atoms with van der Waals surface area (Å²) in [5, 5.41) is 2.91. The third-order valence-corrected chi connectivity index (χ3v) is 5.52. The maximum atomic E-state index is 13.1. The lowest BCUT2D eigenvalue weighted by molar-refractivity contribution is -0.119. The van der Waals surface area contributed by atoms with Gasteiger partial charge in [-0.15, -0.1) is 0 Å². The van der Waals surface area contributed by atoms with Gasteiger partial charge < -0.3 is 10.2 Å². The molecule has 1 heterocycles. The molecule has 1 N–H and O–H groups in total. The molecule has 0 spiro atoms. The van der Waals surface area contributed by atoms with Gasteiger partial charge in [-0.1, -0.05) is 60.7 Å². The van der Waals surface area contributed by atoms with Gasteiger partial charge in [0, 0.05) is 31.6 Å². The molecule has 0 saturated carbocycles. The Balaban J connectivity index is 1.47. The van der Waals surface area contributed by atoms with E-state index in [-0.39, 0.29) is 17.9 Å². The molecule has 0 saturated heterocycles. The summed E-state index contributed by atoms with van der Waals surface area (Å²) in [4.78, 5) is 26.1. The molecule has 1 aliphatic heterocycles. The highest BCUT2D eigenvalue weighted by Gasteiger charge is 2.24. The second-order valence-corrected chi connectivity index (χ2v) is 8.01. The molecule has 1 atom stereocenters. The summed E-state index contributed by atoms with van der Waals surface area (Å²) < 4.78 is 0. The van der Waals surface area contributed by atoms with Crippen LogP contribution in [-0.2, 0) is 24.3 Å². The Kier molecular flexibility index (Phi) is 5.66. The highest BCUT2D eigenvalue weighted by atomic mass is 16.2. The molecule has 3 aromatic rings. The van der Waals surface area contributed by atoms with E-state index in [2.05, 4.69) is 41.7 Å². The zero-order chi connectivity index (χ0) is 21.1. The number of rotatable bonds is 5. The van der Waals surface area contributed by atoms with E-state index in [9.17, 15) is 9.59 Å². The predicted octanol–water partition coefficient (Wildman–Crippen LogP) is 4.58. The summed E-state index contributed by atoms with van der Waals surface area (Å²) in [6, 6.07) is 24.5. The van der Waals surface area contributed by atoms with Crippen molar-refractivity contribution >= 4 is 11.8 Å². The average molecular weight is 399 g/mol. The van der Waals surface area contributed by atoms with Crippen molar-refractivity contribution in [2.75, 3.05) is 0 Å². The van der Waals surface area contributed by atoms with Gasteiger partial charge in [0.05, 0.1) is 0 Å². The molecule has 0 aromatic heterocycles. The Labute approximate surface area is 177 Å². The van der Waals surface area contributed by atoms with Crippen molar-refractivity contribution in [3.8, 4) is 11.1 Å². The van der Waals surface area contributed by atoms with Crippen molar-refractivity contribution in [2.24, 2.45) is 0 Å². The third-order valence-electron chi connectivity index (χ3n) is 5.52. The fourth-order valence-corrected chi connectivity index (χ4v) is 4.08. The fourth-order valence-electron chi connectivity index (χ4n) is 4.08. The second-order valence-electron chi connectivity index (χ2n) is 8.01. The van der Waals surface area contributed by atoms with Crippen LogP contribution in [0.15, 0.2) is 72.8 Å². The Bertz CT molecular complexity index is 1050. The second kappa shape index (κ2) is 8.54. The van der Waals surface area contributed by atoms with Crippen molar-refractivity contribution in [2.45, 2.75) is 39.4 Å². The fraction of sp³-hybridized carbons (Fsp3) is 0.231. The molecule has 152 valence electrons. The monoisotopic (exact) mass is 398 g/mol. The molecule has 4 rings (SSSR count). The first-order chi connectivity index (χ1) is 14.5. The van der Waals surface area contributed by atoms with E-state index in [0.29, 0.717) is 18.7 Å². The van der Waals surface area contributed by atoms with Gasteiger partial charge in [-0.2, -0.15) is 0 Å². The number of benzene rings is 3. The van der Waals surface area contributed by atoms with Gasteiger partial charge >= 0.3 is 0 Å². The Hall–Kier alpha value is -3.40. The largest absolute Gasteiger partial charge is 0.354 e. The number of fused-ring (bicyclic) bond motifs is 1. The van der Waals surface area contributed by atoms with E-state index >= 15 is 0 Å². The van der Waals surface area contributed by atoms with Crippen LogP contribution in [0.4, 0.5) is 0 Å². The SMILES string of the molecule is CC(=O)NC(C)Cc1ccc(-c2cccc(C(=O)N3Cc4ccccc4C3)c2)cc1. The van der Waals surface area contributed by atoms with Gasteiger partial charge in [-0.3, -0.25) is 9.59 Å². The van der Waals surface area contributed by atoms with Crippen LogP contribution >= 0.6 is 0 Å². The van der Waals surface area contributed by atoms with E-state index in [1.807, 2.05) is 48.2 Å². The zero-order valence-corrected chi connectivity index (χ0v) is 17.4. The van der Waals surface area contributed by atoms with Crippen molar-refractivity contribution in [1.29, 1.82) is 0 Å². The standard InChI is InChI=1S/C26H26N2O2/c1-18(27-19(2)29)14-20-10-12-21(13-11-20)22-8-5-9-23(15-22)26(30)28-16-24-6-3-4-7-25(24)17-28/h3-13,15,18H,14,16-17H2,1-2H3,(H,27,29). The van der Waals surface area contributed by atoms with Crippen molar-refractivity contribution in [3.05, 3.63) is 95.1 Å². The summed E-state index contributed by atoms with van der Waals surface area (Å²) in [6.45, 7) is 4.87. The lowest BCUT2D eigenvalue weighted by atomic mass is 9.99. The lowest BCUT2D eigenvalue weighted by Gasteiger charge is -2.16. The number of hydrogen-bond donors (Lipinski definition) is 1. The molecule has 0 radical (unpaired) electrons. The summed E-state index contributed by atoms with van der Waals surface area (Å²) in [5.41, 5.74) is 6.44. The van der Waals surface area contributed by atoms with Crippen LogP contribution in [0.5, 0.6) is 0 Å². The number of amides is 2. The van der Waals surface area contributed by atoms with E-state index < -0.39 is 0 Å². The van der Waals surface area contributed by atoms with Crippen LogP contribution in [-0.4, -0.2) is 22.8 Å². The van der Waals surface area contributed by atoms with Gasteiger partial charge in [-0.05, 0) is 53.3 Å². The Morgan fingerprint density at radius 1 is 0.900 bits per heavy atom. The molecule has 0 bridgehead atoms. The Morgan fingerprint density at radius 3 is 2.20 bits per heavy atom. The number of nitrogens with zero attached hydrogens (tertiary/aromatic N) is 1. The van der Waals surface area contributed by atoms with Gasteiger partial charge in [-0.25, -0.2) is 0 Å². The van der Waals surface area contributed by atoms with Crippen LogP contribution in [0.1, 0.15) is 40.9 Å². The topological polar surface area (TPSA) is 49.4 Å². The molecule has 3 aromatic carbocycles. The minimum absolute atomic E-state index is 0.0123. The highest BCUT2D eigenvalue weighted by molar-refractivity contribution is 5.95. The highest BCUT2D eigenvalue weighted by Crippen LogP contribution is 2.26. The molecule has 1 unspecified atom stereocenters. The molecule has 1 aliphatic rings. The van der Waals surface area contributed by atoms with E-state index in [4.69, 9.17) is 0 Å². The van der Waals surface area contributed by atoms with E-state index in [1.165, 1.54) is 23.6 Å². The molecule has 2 amide bonds. The summed E-state index contributed by atoms with van der Waals surface area (Å²) in [6.07, 6.45) is 0.786. The predicted molar refractivity (Wildman–Crippen MR) is 119 cm³/mol. The van der Waals surface area contributed by atoms with E-state index in [1.54, 1.807) is 0 Å². The lowest BCUT2D eigenvalue weighted by Crippen LogP contribution is -2.31. The van der Waals surface area contributed by atoms with Crippen molar-refractivity contribution in [3.63, 3.8) is 0 Å². The Morgan fingerprint density at radius 2 is 1.57 bits per heavy atom. The normalized spacial score (nSPS) is 13.6. The number of nitrogens with one attached hydrogen (secondary N) is 1. The van der Waals surface area contributed by atoms with Crippen LogP contribution < -0.4 is 5.32 Å². The number of carbonyl (C=O) groups is 2. The van der Waals surface area contributed by atoms with Gasteiger partial charge in [0.2, 0.25) is 5.91 Å². The minimum Gasteiger partial charge on any atom is -0.354 e. The van der Waals surface area contributed by atoms with Crippen LogP contribution in [0.3, 0.4) is 0 Å².